The first-order valence-corrected chi connectivity index (χ1v) is 6.69. The van der Waals surface area contributed by atoms with Gasteiger partial charge >= 0.3 is 0 Å². The molecule has 2 rings (SSSR count). The van der Waals surface area contributed by atoms with Crippen LogP contribution >= 0.6 is 15.9 Å². The van der Waals surface area contributed by atoms with E-state index in [1.807, 2.05) is 0 Å². The lowest BCUT2D eigenvalue weighted by atomic mass is 10.1. The first kappa shape index (κ1) is 14.6. The Labute approximate surface area is 124 Å². The molecule has 0 bridgehead atoms. The van der Waals surface area contributed by atoms with Crippen LogP contribution < -0.4 is 10.1 Å². The summed E-state index contributed by atoms with van der Waals surface area (Å²) in [5.74, 6) is -0.179. The van der Waals surface area contributed by atoms with Crippen molar-refractivity contribution in [2.45, 2.75) is 13.0 Å². The van der Waals surface area contributed by atoms with E-state index >= 15 is 0 Å². The molecule has 20 heavy (non-hydrogen) atoms. The number of nitrogens with one attached hydrogen (secondary N) is 1. The minimum absolute atomic E-state index is 0.315. The van der Waals surface area contributed by atoms with Crippen molar-refractivity contribution in [3.63, 3.8) is 0 Å². The normalized spacial score (nSPS) is 12.0. The van der Waals surface area contributed by atoms with Crippen molar-refractivity contribution in [1.29, 1.82) is 0 Å². The molecule has 0 saturated heterocycles. The second kappa shape index (κ2) is 6.09. The topological polar surface area (TPSA) is 51.5 Å². The molecule has 0 saturated carbocycles. The molecule has 1 amide bonds. The van der Waals surface area contributed by atoms with Crippen molar-refractivity contribution in [1.82, 2.24) is 5.32 Å². The van der Waals surface area contributed by atoms with Crippen LogP contribution in [0.1, 0.15) is 28.9 Å². The minimum atomic E-state index is -0.407. The van der Waals surface area contributed by atoms with Gasteiger partial charge in [-0.05, 0) is 47.1 Å². The van der Waals surface area contributed by atoms with E-state index in [2.05, 4.69) is 21.2 Å². The number of furan rings is 1. The Kier molecular flexibility index (Phi) is 4.44. The van der Waals surface area contributed by atoms with E-state index in [9.17, 15) is 9.18 Å². The molecule has 0 aliphatic carbocycles. The first-order valence-electron chi connectivity index (χ1n) is 5.90. The van der Waals surface area contributed by atoms with Gasteiger partial charge in [0.05, 0.1) is 25.0 Å². The van der Waals surface area contributed by atoms with E-state index in [4.69, 9.17) is 9.15 Å². The van der Waals surface area contributed by atoms with Crippen molar-refractivity contribution >= 4 is 21.8 Å². The quantitative estimate of drug-likeness (QED) is 0.922. The maximum Gasteiger partial charge on any atom is 0.256 e. The number of benzene rings is 1. The molecule has 0 radical (unpaired) electrons. The number of amides is 1. The highest BCUT2D eigenvalue weighted by Crippen LogP contribution is 2.26. The summed E-state index contributed by atoms with van der Waals surface area (Å²) in [6.45, 7) is 1.75. The predicted octanol–water partition coefficient (Wildman–Crippen LogP) is 3.68. The van der Waals surface area contributed by atoms with Gasteiger partial charge in [-0.2, -0.15) is 0 Å². The van der Waals surface area contributed by atoms with Crippen molar-refractivity contribution < 1.29 is 18.3 Å². The van der Waals surface area contributed by atoms with Gasteiger partial charge in [0.2, 0.25) is 0 Å². The monoisotopic (exact) mass is 341 g/mol. The summed E-state index contributed by atoms with van der Waals surface area (Å²) >= 11 is 3.14. The second-order valence-electron chi connectivity index (χ2n) is 4.19. The van der Waals surface area contributed by atoms with Crippen LogP contribution in [0.25, 0.3) is 0 Å². The molecule has 2 aromatic rings. The number of ether oxygens (including phenoxy) is 1. The Morgan fingerprint density at radius 1 is 1.45 bits per heavy atom. The molecule has 0 aliphatic rings. The average Bonchev–Trinajstić information content (AvgIpc) is 2.85. The molecule has 1 aromatic carbocycles. The van der Waals surface area contributed by atoms with E-state index < -0.39 is 6.04 Å². The van der Waals surface area contributed by atoms with E-state index in [-0.39, 0.29) is 11.7 Å². The van der Waals surface area contributed by atoms with Gasteiger partial charge in [-0.15, -0.1) is 0 Å². The summed E-state index contributed by atoms with van der Waals surface area (Å²) in [5.41, 5.74) is 0.952. The van der Waals surface area contributed by atoms with E-state index in [1.165, 1.54) is 31.6 Å². The third-order valence-electron chi connectivity index (χ3n) is 2.87. The van der Waals surface area contributed by atoms with Crippen LogP contribution in [-0.2, 0) is 0 Å². The van der Waals surface area contributed by atoms with Crippen LogP contribution in [0.2, 0.25) is 0 Å². The number of hydrogen-bond donors (Lipinski definition) is 1. The summed E-state index contributed by atoms with van der Waals surface area (Å²) in [4.78, 5) is 12.1. The van der Waals surface area contributed by atoms with E-state index in [0.29, 0.717) is 21.5 Å². The fourth-order valence-corrected chi connectivity index (χ4v) is 2.27. The molecule has 1 unspecified atom stereocenters. The Morgan fingerprint density at radius 3 is 2.80 bits per heavy atom. The van der Waals surface area contributed by atoms with Crippen molar-refractivity contribution in [2.24, 2.45) is 0 Å². The maximum absolute atomic E-state index is 13.3. The van der Waals surface area contributed by atoms with E-state index in [1.54, 1.807) is 13.0 Å². The predicted molar refractivity (Wildman–Crippen MR) is 75.2 cm³/mol. The standard InChI is InChI=1S/C14H13BrFNO3/c1-8(11-7-9(16)3-4-12(11)19-2)17-14(18)10-5-6-20-13(10)15/h3-8H,1-2H3,(H,17,18). The Morgan fingerprint density at radius 2 is 2.20 bits per heavy atom. The second-order valence-corrected chi connectivity index (χ2v) is 4.91. The van der Waals surface area contributed by atoms with Crippen LogP contribution in [0.15, 0.2) is 39.6 Å². The van der Waals surface area contributed by atoms with Gasteiger partial charge in [0.15, 0.2) is 4.67 Å². The smallest absolute Gasteiger partial charge is 0.256 e. The van der Waals surface area contributed by atoms with Gasteiger partial charge in [0.25, 0.3) is 5.91 Å². The summed E-state index contributed by atoms with van der Waals surface area (Å²) in [5, 5.41) is 2.77. The molecule has 6 heteroatoms. The summed E-state index contributed by atoms with van der Waals surface area (Å²) in [7, 11) is 1.50. The number of rotatable bonds is 4. The molecule has 1 heterocycles. The molecule has 0 aliphatic heterocycles. The highest BCUT2D eigenvalue weighted by molar-refractivity contribution is 9.10. The van der Waals surface area contributed by atoms with Gasteiger partial charge < -0.3 is 14.5 Å². The van der Waals surface area contributed by atoms with Gasteiger partial charge in [-0.1, -0.05) is 0 Å². The third kappa shape index (κ3) is 3.01. The van der Waals surface area contributed by atoms with Crippen molar-refractivity contribution in [3.8, 4) is 5.75 Å². The number of carbonyl (C=O) groups is 1. The highest BCUT2D eigenvalue weighted by atomic mass is 79.9. The minimum Gasteiger partial charge on any atom is -0.496 e. The third-order valence-corrected chi connectivity index (χ3v) is 3.48. The molecular formula is C14H13BrFNO3. The fourth-order valence-electron chi connectivity index (χ4n) is 1.85. The molecule has 0 fully saturated rings. The van der Waals surface area contributed by atoms with Crippen LogP contribution in [0.3, 0.4) is 0 Å². The van der Waals surface area contributed by atoms with Gasteiger partial charge in [0.1, 0.15) is 11.6 Å². The van der Waals surface area contributed by atoms with Crippen molar-refractivity contribution in [3.05, 3.63) is 52.1 Å². The molecule has 0 spiro atoms. The zero-order valence-corrected chi connectivity index (χ0v) is 12.5. The SMILES string of the molecule is COc1ccc(F)cc1C(C)NC(=O)c1ccoc1Br. The average molecular weight is 342 g/mol. The number of methoxy groups -OCH3 is 1. The lowest BCUT2D eigenvalue weighted by Crippen LogP contribution is -2.26. The molecule has 1 aromatic heterocycles. The zero-order valence-electron chi connectivity index (χ0n) is 10.9. The fraction of sp³-hybridized carbons (Fsp3) is 0.214. The van der Waals surface area contributed by atoms with Gasteiger partial charge in [-0.25, -0.2) is 4.39 Å². The molecular weight excluding hydrogens is 329 g/mol. The Balaban J connectivity index is 2.20. The molecule has 1 N–H and O–H groups in total. The molecule has 106 valence electrons. The number of carbonyl (C=O) groups excluding carboxylic acids is 1. The highest BCUT2D eigenvalue weighted by Gasteiger charge is 2.18. The summed E-state index contributed by atoms with van der Waals surface area (Å²) in [6.07, 6.45) is 1.41. The zero-order chi connectivity index (χ0) is 14.7. The molecule has 1 atom stereocenters. The van der Waals surface area contributed by atoms with Crippen LogP contribution in [0, 0.1) is 5.82 Å². The van der Waals surface area contributed by atoms with Crippen LogP contribution in [0.4, 0.5) is 4.39 Å². The lowest BCUT2D eigenvalue weighted by Gasteiger charge is -2.17. The van der Waals surface area contributed by atoms with Crippen LogP contribution in [-0.4, -0.2) is 13.0 Å². The summed E-state index contributed by atoms with van der Waals surface area (Å²) in [6, 6.07) is 5.32. The lowest BCUT2D eigenvalue weighted by molar-refractivity contribution is 0.0937. The van der Waals surface area contributed by atoms with Gasteiger partial charge in [-0.3, -0.25) is 4.79 Å². The Hall–Kier alpha value is -1.82. The first-order chi connectivity index (χ1) is 9.52. The number of hydrogen-bond acceptors (Lipinski definition) is 3. The van der Waals surface area contributed by atoms with E-state index in [0.717, 1.165) is 0 Å². The Bertz CT molecular complexity index is 627. The largest absolute Gasteiger partial charge is 0.496 e. The molecule has 4 nitrogen and oxygen atoms in total. The number of halogens is 2. The van der Waals surface area contributed by atoms with Crippen LogP contribution in [0.5, 0.6) is 5.75 Å². The maximum atomic E-state index is 13.3. The van der Waals surface area contributed by atoms with Crippen molar-refractivity contribution in [2.75, 3.05) is 7.11 Å². The summed E-state index contributed by atoms with van der Waals surface area (Å²) < 4.78 is 23.9. The van der Waals surface area contributed by atoms with Gasteiger partial charge in [0, 0.05) is 5.56 Å².